The number of rotatable bonds is 4. The molecule has 3 rings (SSSR count). The van der Waals surface area contributed by atoms with E-state index < -0.39 is 0 Å². The smallest absolute Gasteiger partial charge is 0.266 e. The average Bonchev–Trinajstić information content (AvgIpc) is 2.90. The van der Waals surface area contributed by atoms with Crippen LogP contribution < -0.4 is 4.74 Å². The van der Waals surface area contributed by atoms with Crippen LogP contribution in [0.5, 0.6) is 5.75 Å². The number of ether oxygens (including phenoxy) is 1. The summed E-state index contributed by atoms with van der Waals surface area (Å²) in [5.74, 6) is 0.323. The van der Waals surface area contributed by atoms with Crippen molar-refractivity contribution in [2.75, 3.05) is 14.1 Å². The third kappa shape index (κ3) is 4.80. The first-order valence-electron chi connectivity index (χ1n) is 7.89. The molecule has 0 aromatic heterocycles. The maximum atomic E-state index is 12.3. The second-order valence-corrected chi connectivity index (χ2v) is 8.78. The van der Waals surface area contributed by atoms with E-state index in [9.17, 15) is 4.79 Å². The van der Waals surface area contributed by atoms with Gasteiger partial charge in [0.25, 0.3) is 5.91 Å². The summed E-state index contributed by atoms with van der Waals surface area (Å²) >= 11 is 16.3. The van der Waals surface area contributed by atoms with Gasteiger partial charge in [-0.05, 0) is 75.8 Å². The molecule has 1 aliphatic heterocycles. The van der Waals surface area contributed by atoms with Gasteiger partial charge in [0.2, 0.25) is 0 Å². The molecule has 1 aliphatic rings. The zero-order chi connectivity index (χ0) is 19.6. The third-order valence-corrected chi connectivity index (χ3v) is 6.24. The number of thioether (sulfide) groups is 1. The standard InChI is InChI=1S/C19H15Cl2IN2O2S/c1-23-19-24(2)18(25)16(27-19)9-12-7-14(20)17(15(21)8-12)26-10-11-3-5-13(22)6-4-11/h3-9H,10H2,1-2H3/b16-9-,23-19?. The number of carbonyl (C=O) groups excluding carboxylic acids is 1. The highest BCUT2D eigenvalue weighted by Gasteiger charge is 2.29. The maximum absolute atomic E-state index is 12.3. The van der Waals surface area contributed by atoms with E-state index in [0.29, 0.717) is 32.5 Å². The van der Waals surface area contributed by atoms with E-state index in [4.69, 9.17) is 27.9 Å². The Kier molecular flexibility index (Phi) is 6.73. The Hall–Kier alpha value is -1.22. The van der Waals surface area contributed by atoms with Gasteiger partial charge in [-0.1, -0.05) is 35.3 Å². The van der Waals surface area contributed by atoms with Crippen molar-refractivity contribution in [3.63, 3.8) is 0 Å². The second kappa shape index (κ2) is 8.86. The van der Waals surface area contributed by atoms with Crippen LogP contribution in [0.25, 0.3) is 6.08 Å². The zero-order valence-corrected chi connectivity index (χ0v) is 19.0. The number of halogens is 3. The van der Waals surface area contributed by atoms with Gasteiger partial charge in [-0.25, -0.2) is 0 Å². The van der Waals surface area contributed by atoms with Gasteiger partial charge >= 0.3 is 0 Å². The van der Waals surface area contributed by atoms with E-state index in [-0.39, 0.29) is 5.91 Å². The lowest BCUT2D eigenvalue weighted by atomic mass is 10.2. The van der Waals surface area contributed by atoms with E-state index in [1.807, 2.05) is 24.3 Å². The first kappa shape index (κ1) is 20.5. The summed E-state index contributed by atoms with van der Waals surface area (Å²) in [4.78, 5) is 18.4. The monoisotopic (exact) mass is 532 g/mol. The first-order valence-corrected chi connectivity index (χ1v) is 10.5. The van der Waals surface area contributed by atoms with Crippen LogP contribution in [-0.2, 0) is 11.4 Å². The summed E-state index contributed by atoms with van der Waals surface area (Å²) < 4.78 is 6.96. The van der Waals surface area contributed by atoms with Crippen molar-refractivity contribution < 1.29 is 9.53 Å². The molecule has 8 heteroatoms. The molecule has 1 heterocycles. The van der Waals surface area contributed by atoms with E-state index in [2.05, 4.69) is 27.6 Å². The van der Waals surface area contributed by atoms with E-state index in [1.54, 1.807) is 32.3 Å². The summed E-state index contributed by atoms with van der Waals surface area (Å²) in [6.07, 6.45) is 1.75. The van der Waals surface area contributed by atoms with Crippen LogP contribution in [0.2, 0.25) is 10.0 Å². The van der Waals surface area contributed by atoms with Crippen molar-refractivity contribution in [1.82, 2.24) is 4.90 Å². The van der Waals surface area contributed by atoms with Gasteiger partial charge in [0.1, 0.15) is 6.61 Å². The lowest BCUT2D eigenvalue weighted by Crippen LogP contribution is -2.23. The highest BCUT2D eigenvalue weighted by atomic mass is 127. The number of benzene rings is 2. The molecule has 0 atom stereocenters. The maximum Gasteiger partial charge on any atom is 0.266 e. The Morgan fingerprint density at radius 1 is 1.22 bits per heavy atom. The predicted molar refractivity (Wildman–Crippen MR) is 122 cm³/mol. The molecule has 0 unspecified atom stereocenters. The topological polar surface area (TPSA) is 41.9 Å². The Bertz CT molecular complexity index is 922. The summed E-state index contributed by atoms with van der Waals surface area (Å²) in [5.41, 5.74) is 1.75. The molecule has 27 heavy (non-hydrogen) atoms. The fourth-order valence-electron chi connectivity index (χ4n) is 2.44. The van der Waals surface area contributed by atoms with Crippen LogP contribution in [0.4, 0.5) is 0 Å². The average molecular weight is 533 g/mol. The van der Waals surface area contributed by atoms with Gasteiger partial charge in [-0.15, -0.1) is 0 Å². The molecule has 0 spiro atoms. The highest BCUT2D eigenvalue weighted by Crippen LogP contribution is 2.37. The fraction of sp³-hybridized carbons (Fsp3) is 0.158. The normalized spacial score (nSPS) is 17.2. The van der Waals surface area contributed by atoms with Crippen molar-refractivity contribution in [2.45, 2.75) is 6.61 Å². The Morgan fingerprint density at radius 3 is 2.41 bits per heavy atom. The Morgan fingerprint density at radius 2 is 1.85 bits per heavy atom. The zero-order valence-electron chi connectivity index (χ0n) is 14.5. The number of nitrogens with zero attached hydrogens (tertiary/aromatic N) is 2. The minimum Gasteiger partial charge on any atom is -0.486 e. The summed E-state index contributed by atoms with van der Waals surface area (Å²) in [6.45, 7) is 0.367. The molecule has 140 valence electrons. The van der Waals surface area contributed by atoms with Crippen molar-refractivity contribution in [2.24, 2.45) is 4.99 Å². The molecule has 0 bridgehead atoms. The number of hydrogen-bond donors (Lipinski definition) is 0. The SMILES string of the molecule is CN=C1S/C(=C\c2cc(Cl)c(OCc3ccc(I)cc3)c(Cl)c2)C(=O)N1C. The molecule has 4 nitrogen and oxygen atoms in total. The minimum atomic E-state index is -0.105. The molecule has 1 saturated heterocycles. The van der Waals surface area contributed by atoms with Crippen LogP contribution in [0, 0.1) is 3.57 Å². The van der Waals surface area contributed by atoms with Crippen LogP contribution in [-0.4, -0.2) is 30.1 Å². The molecule has 1 fully saturated rings. The van der Waals surface area contributed by atoms with Gasteiger partial charge in [0.15, 0.2) is 10.9 Å². The molecule has 2 aromatic carbocycles. The third-order valence-electron chi connectivity index (χ3n) is 3.81. The lowest BCUT2D eigenvalue weighted by molar-refractivity contribution is -0.121. The molecule has 0 N–H and O–H groups in total. The van der Waals surface area contributed by atoms with Gasteiger partial charge in [-0.3, -0.25) is 14.7 Å². The number of hydrogen-bond acceptors (Lipinski definition) is 4. The van der Waals surface area contributed by atoms with Crippen LogP contribution >= 0.6 is 57.6 Å². The minimum absolute atomic E-state index is 0.105. The van der Waals surface area contributed by atoms with Crippen LogP contribution in [0.15, 0.2) is 46.3 Å². The van der Waals surface area contributed by atoms with E-state index >= 15 is 0 Å². The molecule has 1 amide bonds. The Balaban J connectivity index is 1.80. The molecule has 0 radical (unpaired) electrons. The molecular weight excluding hydrogens is 518 g/mol. The first-order chi connectivity index (χ1) is 12.9. The number of likely N-dealkylation sites (N-methyl/N-ethyl adjacent to an activating group) is 1. The van der Waals surface area contributed by atoms with E-state index in [0.717, 1.165) is 14.7 Å². The molecular formula is C19H15Cl2IN2O2S. The van der Waals surface area contributed by atoms with Gasteiger partial charge in [-0.2, -0.15) is 0 Å². The number of amidine groups is 1. The van der Waals surface area contributed by atoms with Crippen molar-refractivity contribution in [1.29, 1.82) is 0 Å². The molecule has 2 aromatic rings. The molecule has 0 aliphatic carbocycles. The van der Waals surface area contributed by atoms with E-state index in [1.165, 1.54) is 16.7 Å². The molecule has 0 saturated carbocycles. The number of aliphatic imine (C=N–C) groups is 1. The lowest BCUT2D eigenvalue weighted by Gasteiger charge is -2.11. The number of amides is 1. The van der Waals surface area contributed by atoms with Gasteiger partial charge in [0, 0.05) is 17.7 Å². The Labute approximate surface area is 185 Å². The van der Waals surface area contributed by atoms with Crippen molar-refractivity contribution in [3.05, 3.63) is 66.0 Å². The summed E-state index contributed by atoms with van der Waals surface area (Å²) in [7, 11) is 3.35. The quantitative estimate of drug-likeness (QED) is 0.374. The summed E-state index contributed by atoms with van der Waals surface area (Å²) in [5, 5.41) is 1.45. The highest BCUT2D eigenvalue weighted by molar-refractivity contribution is 14.1. The van der Waals surface area contributed by atoms with Gasteiger partial charge < -0.3 is 4.74 Å². The summed E-state index contributed by atoms with van der Waals surface area (Å²) in [6, 6.07) is 11.5. The van der Waals surface area contributed by atoms with Crippen LogP contribution in [0.1, 0.15) is 11.1 Å². The van der Waals surface area contributed by atoms with Crippen molar-refractivity contribution in [3.8, 4) is 5.75 Å². The largest absolute Gasteiger partial charge is 0.486 e. The van der Waals surface area contributed by atoms with Gasteiger partial charge in [0.05, 0.1) is 15.0 Å². The number of carbonyl (C=O) groups is 1. The second-order valence-electron chi connectivity index (χ2n) is 5.71. The van der Waals surface area contributed by atoms with Crippen LogP contribution in [0.3, 0.4) is 0 Å². The van der Waals surface area contributed by atoms with Crippen molar-refractivity contribution >= 4 is 74.7 Å². The fourth-order valence-corrected chi connectivity index (χ4v) is 4.34. The predicted octanol–water partition coefficient (Wildman–Crippen LogP) is 5.71.